The number of hydrogen-bond acceptors (Lipinski definition) is 6. The summed E-state index contributed by atoms with van der Waals surface area (Å²) in [5.74, 6) is 2.13. The first-order valence-electron chi connectivity index (χ1n) is 7.10. The molecule has 1 N–H and O–H groups in total. The fourth-order valence-electron chi connectivity index (χ4n) is 2.57. The maximum absolute atomic E-state index is 10.1. The SMILES string of the molecule is COC1=C(O)C(OC)CC(c2cc(OC)c(OC)c(OC)c2)=C1. The van der Waals surface area contributed by atoms with Crippen molar-refractivity contribution in [3.8, 4) is 17.2 Å². The second kappa shape index (κ2) is 7.28. The minimum Gasteiger partial charge on any atom is -0.506 e. The largest absolute Gasteiger partial charge is 0.506 e. The zero-order valence-electron chi connectivity index (χ0n) is 14.0. The van der Waals surface area contributed by atoms with Gasteiger partial charge in [0.1, 0.15) is 6.10 Å². The summed E-state index contributed by atoms with van der Waals surface area (Å²) in [7, 11) is 7.76. The molecule has 1 aromatic carbocycles. The lowest BCUT2D eigenvalue weighted by molar-refractivity contribution is 0.0847. The van der Waals surface area contributed by atoms with Crippen LogP contribution in [0.2, 0.25) is 0 Å². The van der Waals surface area contributed by atoms with Gasteiger partial charge in [0.05, 0.1) is 28.4 Å². The van der Waals surface area contributed by atoms with Gasteiger partial charge >= 0.3 is 0 Å². The van der Waals surface area contributed by atoms with E-state index in [0.717, 1.165) is 11.1 Å². The van der Waals surface area contributed by atoms with Crippen LogP contribution in [0.5, 0.6) is 17.2 Å². The van der Waals surface area contributed by atoms with Gasteiger partial charge in [-0.1, -0.05) is 0 Å². The second-order valence-electron chi connectivity index (χ2n) is 4.97. The summed E-state index contributed by atoms with van der Waals surface area (Å²) < 4.78 is 26.7. The van der Waals surface area contributed by atoms with Crippen molar-refractivity contribution in [2.45, 2.75) is 12.5 Å². The summed E-state index contributed by atoms with van der Waals surface area (Å²) in [5.41, 5.74) is 1.81. The summed E-state index contributed by atoms with van der Waals surface area (Å²) in [6.07, 6.45) is 1.84. The minimum atomic E-state index is -0.455. The van der Waals surface area contributed by atoms with Crippen molar-refractivity contribution in [1.82, 2.24) is 0 Å². The topological polar surface area (TPSA) is 66.4 Å². The van der Waals surface area contributed by atoms with E-state index in [2.05, 4.69) is 0 Å². The number of aliphatic hydroxyl groups is 1. The zero-order chi connectivity index (χ0) is 17.0. The second-order valence-corrected chi connectivity index (χ2v) is 4.97. The Labute approximate surface area is 135 Å². The highest BCUT2D eigenvalue weighted by Crippen LogP contribution is 2.42. The van der Waals surface area contributed by atoms with Gasteiger partial charge < -0.3 is 28.8 Å². The summed E-state index contributed by atoms with van der Waals surface area (Å²) in [6, 6.07) is 3.71. The molecule has 1 aliphatic rings. The Hall–Kier alpha value is -2.34. The molecule has 0 heterocycles. The van der Waals surface area contributed by atoms with Crippen molar-refractivity contribution >= 4 is 5.57 Å². The van der Waals surface area contributed by atoms with Gasteiger partial charge in [0.25, 0.3) is 0 Å². The molecule has 1 aromatic rings. The fraction of sp³-hybridized carbons (Fsp3) is 0.412. The zero-order valence-corrected chi connectivity index (χ0v) is 14.0. The first-order chi connectivity index (χ1) is 11.1. The smallest absolute Gasteiger partial charge is 0.203 e. The quantitative estimate of drug-likeness (QED) is 0.868. The van der Waals surface area contributed by atoms with E-state index in [9.17, 15) is 5.11 Å². The van der Waals surface area contributed by atoms with Crippen LogP contribution in [-0.4, -0.2) is 46.8 Å². The molecule has 0 fully saturated rings. The van der Waals surface area contributed by atoms with Crippen molar-refractivity contribution < 1.29 is 28.8 Å². The van der Waals surface area contributed by atoms with E-state index in [1.165, 1.54) is 7.11 Å². The predicted molar refractivity (Wildman–Crippen MR) is 86.2 cm³/mol. The van der Waals surface area contributed by atoms with Crippen molar-refractivity contribution in [2.75, 3.05) is 35.5 Å². The minimum absolute atomic E-state index is 0.0891. The van der Waals surface area contributed by atoms with Crippen LogP contribution in [0.3, 0.4) is 0 Å². The van der Waals surface area contributed by atoms with Gasteiger partial charge in [-0.25, -0.2) is 0 Å². The van der Waals surface area contributed by atoms with Crippen LogP contribution < -0.4 is 14.2 Å². The molecule has 0 saturated carbocycles. The maximum Gasteiger partial charge on any atom is 0.203 e. The van der Waals surface area contributed by atoms with Gasteiger partial charge in [-0.3, -0.25) is 0 Å². The molecule has 0 spiro atoms. The van der Waals surface area contributed by atoms with E-state index in [0.29, 0.717) is 29.4 Å². The van der Waals surface area contributed by atoms with Gasteiger partial charge in [0, 0.05) is 13.5 Å². The molecule has 0 radical (unpaired) electrons. The third-order valence-corrected chi connectivity index (χ3v) is 3.81. The maximum atomic E-state index is 10.1. The average Bonchev–Trinajstić information content (AvgIpc) is 2.60. The van der Waals surface area contributed by atoms with Crippen LogP contribution in [0.4, 0.5) is 0 Å². The summed E-state index contributed by atoms with van der Waals surface area (Å²) in [4.78, 5) is 0. The van der Waals surface area contributed by atoms with E-state index in [1.807, 2.05) is 12.1 Å². The van der Waals surface area contributed by atoms with Crippen molar-refractivity contribution in [3.05, 3.63) is 35.3 Å². The average molecular weight is 322 g/mol. The molecular weight excluding hydrogens is 300 g/mol. The lowest BCUT2D eigenvalue weighted by Crippen LogP contribution is -2.20. The molecule has 0 bridgehead atoms. The number of aliphatic hydroxyl groups excluding tert-OH is 1. The van der Waals surface area contributed by atoms with Gasteiger partial charge in [-0.2, -0.15) is 0 Å². The number of ether oxygens (including phenoxy) is 5. The van der Waals surface area contributed by atoms with E-state index < -0.39 is 6.10 Å². The Bertz CT molecular complexity index is 607. The van der Waals surface area contributed by atoms with Crippen LogP contribution in [0.25, 0.3) is 5.57 Å². The van der Waals surface area contributed by atoms with Gasteiger partial charge in [-0.05, 0) is 29.3 Å². The number of allylic oxidation sites excluding steroid dienone is 1. The molecule has 6 nitrogen and oxygen atoms in total. The molecule has 2 rings (SSSR count). The standard InChI is InChI=1S/C17H22O6/c1-19-12-6-10(7-13(20-2)16(12)18)11-8-14(21-3)17(23-5)15(9-11)22-4/h6,8-9,13,18H,7H2,1-5H3. The normalized spacial score (nSPS) is 17.6. The molecule has 23 heavy (non-hydrogen) atoms. The van der Waals surface area contributed by atoms with Gasteiger partial charge in [0.15, 0.2) is 23.0 Å². The number of rotatable bonds is 6. The number of hydrogen-bond donors (Lipinski definition) is 1. The van der Waals surface area contributed by atoms with E-state index in [1.54, 1.807) is 34.5 Å². The Balaban J connectivity index is 2.53. The highest BCUT2D eigenvalue weighted by atomic mass is 16.5. The summed E-state index contributed by atoms with van der Waals surface area (Å²) in [5, 5.41) is 10.1. The van der Waals surface area contributed by atoms with Crippen molar-refractivity contribution in [3.63, 3.8) is 0 Å². The molecule has 0 amide bonds. The fourth-order valence-corrected chi connectivity index (χ4v) is 2.57. The molecule has 1 unspecified atom stereocenters. The number of benzene rings is 1. The van der Waals surface area contributed by atoms with Gasteiger partial charge in [0.2, 0.25) is 5.75 Å². The van der Waals surface area contributed by atoms with E-state index in [-0.39, 0.29) is 5.76 Å². The Morgan fingerprint density at radius 1 is 0.913 bits per heavy atom. The van der Waals surface area contributed by atoms with Crippen LogP contribution in [-0.2, 0) is 9.47 Å². The first kappa shape index (κ1) is 17.0. The highest BCUT2D eigenvalue weighted by molar-refractivity contribution is 5.74. The Morgan fingerprint density at radius 3 is 1.96 bits per heavy atom. The lowest BCUT2D eigenvalue weighted by atomic mass is 9.93. The molecular formula is C17H22O6. The molecule has 6 heteroatoms. The number of methoxy groups -OCH3 is 5. The van der Waals surface area contributed by atoms with E-state index >= 15 is 0 Å². The predicted octanol–water partition coefficient (Wildman–Crippen LogP) is 2.93. The van der Waals surface area contributed by atoms with Crippen molar-refractivity contribution in [1.29, 1.82) is 0 Å². The van der Waals surface area contributed by atoms with Crippen LogP contribution in [0.15, 0.2) is 29.7 Å². The molecule has 126 valence electrons. The first-order valence-corrected chi connectivity index (χ1v) is 7.10. The van der Waals surface area contributed by atoms with Crippen molar-refractivity contribution in [2.24, 2.45) is 0 Å². The van der Waals surface area contributed by atoms with E-state index in [4.69, 9.17) is 23.7 Å². The van der Waals surface area contributed by atoms with Crippen LogP contribution in [0.1, 0.15) is 12.0 Å². The monoisotopic (exact) mass is 322 g/mol. The summed E-state index contributed by atoms with van der Waals surface area (Å²) >= 11 is 0. The molecule has 1 atom stereocenters. The van der Waals surface area contributed by atoms with Crippen LogP contribution in [0, 0.1) is 0 Å². The molecule has 0 aromatic heterocycles. The Morgan fingerprint density at radius 2 is 1.52 bits per heavy atom. The molecule has 0 aliphatic heterocycles. The third kappa shape index (κ3) is 3.22. The van der Waals surface area contributed by atoms with Crippen LogP contribution >= 0.6 is 0 Å². The van der Waals surface area contributed by atoms with Gasteiger partial charge in [-0.15, -0.1) is 0 Å². The lowest BCUT2D eigenvalue weighted by Gasteiger charge is -2.24. The molecule has 1 aliphatic carbocycles. The molecule has 0 saturated heterocycles. The highest BCUT2D eigenvalue weighted by Gasteiger charge is 2.26. The Kier molecular flexibility index (Phi) is 5.39. The summed E-state index contributed by atoms with van der Waals surface area (Å²) in [6.45, 7) is 0. The third-order valence-electron chi connectivity index (χ3n) is 3.81.